The molecule has 1 aliphatic heterocycles. The molecule has 2 aromatic rings. The lowest BCUT2D eigenvalue weighted by Gasteiger charge is -2.25. The maximum Gasteiger partial charge on any atom is 0.151 e. The maximum atomic E-state index is 4.38. The van der Waals surface area contributed by atoms with Gasteiger partial charge >= 0.3 is 0 Å². The van der Waals surface area contributed by atoms with Crippen LogP contribution in [-0.2, 0) is 0 Å². The minimum atomic E-state index is 0.538. The molecule has 1 saturated heterocycles. The topological polar surface area (TPSA) is 56.8 Å². The van der Waals surface area contributed by atoms with Crippen molar-refractivity contribution in [2.75, 3.05) is 25.0 Å². The number of anilines is 1. The van der Waals surface area contributed by atoms with E-state index >= 15 is 0 Å². The second kappa shape index (κ2) is 5.40. The highest BCUT2D eigenvalue weighted by atomic mass is 15.3. The van der Waals surface area contributed by atoms with Gasteiger partial charge in [-0.2, -0.15) is 0 Å². The van der Waals surface area contributed by atoms with Gasteiger partial charge in [0, 0.05) is 25.3 Å². The van der Waals surface area contributed by atoms with Crippen LogP contribution in [0.25, 0.3) is 11.4 Å². The Balaban J connectivity index is 1.79. The second-order valence-corrected chi connectivity index (χ2v) is 4.91. The van der Waals surface area contributed by atoms with Gasteiger partial charge in [-0.25, -0.2) is 0 Å². The molecule has 1 aliphatic rings. The van der Waals surface area contributed by atoms with E-state index in [1.165, 1.54) is 12.8 Å². The number of nitrogens with zero attached hydrogens (tertiary/aromatic N) is 3. The summed E-state index contributed by atoms with van der Waals surface area (Å²) in [6, 6.07) is 8.60. The van der Waals surface area contributed by atoms with Crippen LogP contribution < -0.4 is 10.2 Å². The van der Waals surface area contributed by atoms with E-state index in [2.05, 4.69) is 31.5 Å². The van der Waals surface area contributed by atoms with Crippen LogP contribution in [0.5, 0.6) is 0 Å². The van der Waals surface area contributed by atoms with Gasteiger partial charge < -0.3 is 15.2 Å². The van der Waals surface area contributed by atoms with Crippen LogP contribution in [0.2, 0.25) is 0 Å². The minimum absolute atomic E-state index is 0.538. The number of H-pyrrole nitrogens is 1. The maximum absolute atomic E-state index is 4.38. The van der Waals surface area contributed by atoms with E-state index in [1.807, 2.05) is 31.4 Å². The fourth-order valence-electron chi connectivity index (χ4n) is 2.70. The van der Waals surface area contributed by atoms with Gasteiger partial charge in [-0.05, 0) is 44.2 Å². The minimum Gasteiger partial charge on any atom is -0.360 e. The van der Waals surface area contributed by atoms with Gasteiger partial charge in [0.1, 0.15) is 5.69 Å². The quantitative estimate of drug-likeness (QED) is 0.874. The molecule has 0 bridgehead atoms. The highest BCUT2D eigenvalue weighted by Crippen LogP contribution is 2.24. The number of nitrogens with one attached hydrogen (secondary N) is 2. The van der Waals surface area contributed by atoms with Crippen molar-refractivity contribution in [3.8, 4) is 11.4 Å². The van der Waals surface area contributed by atoms with Gasteiger partial charge in [-0.1, -0.05) is 0 Å². The summed E-state index contributed by atoms with van der Waals surface area (Å²) in [6.45, 7) is 2.07. The van der Waals surface area contributed by atoms with E-state index in [9.17, 15) is 0 Å². The van der Waals surface area contributed by atoms with E-state index in [0.29, 0.717) is 6.04 Å². The summed E-state index contributed by atoms with van der Waals surface area (Å²) in [5.41, 5.74) is 1.89. The lowest BCUT2D eigenvalue weighted by atomic mass is 10.2. The van der Waals surface area contributed by atoms with Gasteiger partial charge in [0.2, 0.25) is 0 Å². The SMILES string of the molecule is CNCC1CCCN1c1ccc(-c2ccc[nH]2)nn1. The summed E-state index contributed by atoms with van der Waals surface area (Å²) >= 11 is 0. The summed E-state index contributed by atoms with van der Waals surface area (Å²) < 4.78 is 0. The molecule has 3 rings (SSSR count). The molecule has 0 amide bonds. The van der Waals surface area contributed by atoms with Crippen LogP contribution in [0.1, 0.15) is 12.8 Å². The lowest BCUT2D eigenvalue weighted by Crippen LogP contribution is -2.37. The average molecular weight is 257 g/mol. The summed E-state index contributed by atoms with van der Waals surface area (Å²) in [5, 5.41) is 11.9. The molecule has 0 spiro atoms. The highest BCUT2D eigenvalue weighted by molar-refractivity contribution is 5.55. The smallest absolute Gasteiger partial charge is 0.151 e. The number of aromatic amines is 1. The third kappa shape index (κ3) is 2.46. The van der Waals surface area contributed by atoms with E-state index in [4.69, 9.17) is 0 Å². The van der Waals surface area contributed by atoms with Crippen LogP contribution in [0.3, 0.4) is 0 Å². The van der Waals surface area contributed by atoms with Crippen molar-refractivity contribution in [1.82, 2.24) is 20.5 Å². The fraction of sp³-hybridized carbons (Fsp3) is 0.429. The van der Waals surface area contributed by atoms with Gasteiger partial charge in [0.05, 0.1) is 5.69 Å². The Bertz CT molecular complexity index is 505. The lowest BCUT2D eigenvalue weighted by molar-refractivity contribution is 0.610. The Kier molecular flexibility index (Phi) is 3.46. The number of rotatable bonds is 4. The van der Waals surface area contributed by atoms with Crippen LogP contribution in [0.15, 0.2) is 30.5 Å². The number of hydrogen-bond acceptors (Lipinski definition) is 4. The predicted octanol–water partition coefficient (Wildman–Crippen LogP) is 1.66. The Morgan fingerprint density at radius 1 is 1.37 bits per heavy atom. The molecular weight excluding hydrogens is 238 g/mol. The van der Waals surface area contributed by atoms with Crippen molar-refractivity contribution in [3.05, 3.63) is 30.5 Å². The van der Waals surface area contributed by atoms with Crippen LogP contribution in [-0.4, -0.2) is 41.4 Å². The Morgan fingerprint density at radius 2 is 2.32 bits per heavy atom. The second-order valence-electron chi connectivity index (χ2n) is 4.91. The fourth-order valence-corrected chi connectivity index (χ4v) is 2.70. The predicted molar refractivity (Wildman–Crippen MR) is 76.1 cm³/mol. The molecule has 2 aromatic heterocycles. The monoisotopic (exact) mass is 257 g/mol. The first-order valence-electron chi connectivity index (χ1n) is 6.77. The summed E-state index contributed by atoms with van der Waals surface area (Å²) in [7, 11) is 2.00. The zero-order valence-electron chi connectivity index (χ0n) is 11.1. The largest absolute Gasteiger partial charge is 0.360 e. The molecule has 2 N–H and O–H groups in total. The van der Waals surface area contributed by atoms with E-state index in [-0.39, 0.29) is 0 Å². The van der Waals surface area contributed by atoms with Crippen LogP contribution in [0, 0.1) is 0 Å². The molecule has 3 heterocycles. The van der Waals surface area contributed by atoms with Crippen molar-refractivity contribution in [2.45, 2.75) is 18.9 Å². The highest BCUT2D eigenvalue weighted by Gasteiger charge is 2.25. The third-order valence-electron chi connectivity index (χ3n) is 3.64. The first-order valence-corrected chi connectivity index (χ1v) is 6.77. The Morgan fingerprint density at radius 3 is 3.00 bits per heavy atom. The van der Waals surface area contributed by atoms with Gasteiger partial charge in [-0.3, -0.25) is 0 Å². The molecule has 1 fully saturated rings. The van der Waals surface area contributed by atoms with Crippen molar-refractivity contribution < 1.29 is 0 Å². The van der Waals surface area contributed by atoms with E-state index in [0.717, 1.165) is 30.3 Å². The van der Waals surface area contributed by atoms with E-state index < -0.39 is 0 Å². The van der Waals surface area contributed by atoms with Crippen molar-refractivity contribution in [1.29, 1.82) is 0 Å². The third-order valence-corrected chi connectivity index (χ3v) is 3.64. The van der Waals surface area contributed by atoms with Gasteiger partial charge in [0.25, 0.3) is 0 Å². The zero-order valence-corrected chi connectivity index (χ0v) is 11.1. The molecule has 0 saturated carbocycles. The first-order chi connectivity index (χ1) is 9.38. The molecule has 0 radical (unpaired) electrons. The van der Waals surface area contributed by atoms with E-state index in [1.54, 1.807) is 0 Å². The normalized spacial score (nSPS) is 19.0. The van der Waals surface area contributed by atoms with Gasteiger partial charge in [0.15, 0.2) is 5.82 Å². The molecule has 19 heavy (non-hydrogen) atoms. The molecule has 5 heteroatoms. The van der Waals surface area contributed by atoms with Gasteiger partial charge in [-0.15, -0.1) is 10.2 Å². The number of likely N-dealkylation sites (N-methyl/N-ethyl adjacent to an activating group) is 1. The van der Waals surface area contributed by atoms with Crippen LogP contribution in [0.4, 0.5) is 5.82 Å². The van der Waals surface area contributed by atoms with Crippen molar-refractivity contribution >= 4 is 5.82 Å². The van der Waals surface area contributed by atoms with Crippen molar-refractivity contribution in [3.63, 3.8) is 0 Å². The first kappa shape index (κ1) is 12.2. The summed E-state index contributed by atoms with van der Waals surface area (Å²) in [5.74, 6) is 0.980. The van der Waals surface area contributed by atoms with Crippen molar-refractivity contribution in [2.24, 2.45) is 0 Å². The summed E-state index contributed by atoms with van der Waals surface area (Å²) in [4.78, 5) is 5.49. The molecule has 5 nitrogen and oxygen atoms in total. The molecule has 100 valence electrons. The summed E-state index contributed by atoms with van der Waals surface area (Å²) in [6.07, 6.45) is 4.35. The molecule has 1 atom stereocenters. The van der Waals surface area contributed by atoms with Crippen LogP contribution >= 0.6 is 0 Å². The molecule has 0 aliphatic carbocycles. The Labute approximate surface area is 113 Å². The molecule has 1 unspecified atom stereocenters. The Hall–Kier alpha value is -1.88. The average Bonchev–Trinajstić information content (AvgIpc) is 3.10. The molecular formula is C14H19N5. The number of hydrogen-bond donors (Lipinski definition) is 2. The number of aromatic nitrogens is 3. The molecule has 0 aromatic carbocycles. The standard InChI is InChI=1S/C14H19N5/c1-15-10-11-4-3-9-19(11)14-7-6-13(17-18-14)12-5-2-8-16-12/h2,5-8,11,15-16H,3-4,9-10H2,1H3. The zero-order chi connectivity index (χ0) is 13.1.